The largest absolute Gasteiger partial charge is 0.393 e. The quantitative estimate of drug-likeness (QED) is 0.833. The van der Waals surface area contributed by atoms with Gasteiger partial charge in [0.05, 0.1) is 25.3 Å². The third-order valence-corrected chi connectivity index (χ3v) is 6.51. The molecule has 0 aromatic rings. The Morgan fingerprint density at radius 3 is 2.76 bits per heavy atom. The number of hydrogen-bond acceptors (Lipinski definition) is 5. The summed E-state index contributed by atoms with van der Waals surface area (Å²) in [6, 6.07) is 2.64. The molecule has 0 bridgehead atoms. The molecule has 2 heterocycles. The molecular weight excluding hydrogens is 318 g/mol. The molecule has 25 heavy (non-hydrogen) atoms. The van der Waals surface area contributed by atoms with Crippen LogP contribution in [0, 0.1) is 17.2 Å². The average Bonchev–Trinajstić information content (AvgIpc) is 3.09. The van der Waals surface area contributed by atoms with E-state index in [4.69, 9.17) is 4.74 Å². The van der Waals surface area contributed by atoms with Crippen LogP contribution in [0.2, 0.25) is 0 Å². The third kappa shape index (κ3) is 3.84. The van der Waals surface area contributed by atoms with Crippen molar-refractivity contribution in [3.8, 4) is 6.07 Å². The van der Waals surface area contributed by atoms with Crippen LogP contribution in [0.25, 0.3) is 0 Å². The normalized spacial score (nSPS) is 32.9. The first-order valence-corrected chi connectivity index (χ1v) is 9.75. The molecule has 1 amide bonds. The fourth-order valence-electron chi connectivity index (χ4n) is 4.83. The summed E-state index contributed by atoms with van der Waals surface area (Å²) in [7, 11) is 1.79. The minimum atomic E-state index is -0.627. The second kappa shape index (κ2) is 8.03. The molecule has 0 radical (unpaired) electrons. The van der Waals surface area contributed by atoms with Gasteiger partial charge in [-0.1, -0.05) is 19.3 Å². The first-order chi connectivity index (χ1) is 12.1. The summed E-state index contributed by atoms with van der Waals surface area (Å²) in [5.41, 5.74) is -0.627. The van der Waals surface area contributed by atoms with Gasteiger partial charge in [-0.2, -0.15) is 5.26 Å². The minimum Gasteiger partial charge on any atom is -0.393 e. The predicted molar refractivity (Wildman–Crippen MR) is 93.7 cm³/mol. The first kappa shape index (κ1) is 18.6. The highest BCUT2D eigenvalue weighted by Gasteiger charge is 2.42. The summed E-state index contributed by atoms with van der Waals surface area (Å²) in [5, 5.41) is 20.0. The minimum absolute atomic E-state index is 0.0292. The van der Waals surface area contributed by atoms with Gasteiger partial charge in [-0.25, -0.2) is 0 Å². The summed E-state index contributed by atoms with van der Waals surface area (Å²) >= 11 is 0. The molecule has 0 aromatic carbocycles. The Morgan fingerprint density at radius 2 is 2.08 bits per heavy atom. The van der Waals surface area contributed by atoms with E-state index in [0.717, 1.165) is 51.5 Å². The van der Waals surface area contributed by atoms with Crippen LogP contribution in [0.1, 0.15) is 51.4 Å². The maximum absolute atomic E-state index is 12.9. The molecule has 1 N–H and O–H groups in total. The fourth-order valence-corrected chi connectivity index (χ4v) is 4.83. The number of ether oxygens (including phenoxy) is 1. The third-order valence-electron chi connectivity index (χ3n) is 6.51. The van der Waals surface area contributed by atoms with Gasteiger partial charge in [-0.05, 0) is 38.6 Å². The molecule has 2 aliphatic heterocycles. The van der Waals surface area contributed by atoms with Gasteiger partial charge in [0.15, 0.2) is 0 Å². The van der Waals surface area contributed by atoms with Crippen LogP contribution >= 0.6 is 0 Å². The van der Waals surface area contributed by atoms with E-state index in [-0.39, 0.29) is 24.0 Å². The summed E-state index contributed by atoms with van der Waals surface area (Å²) in [6.07, 6.45) is 7.15. The van der Waals surface area contributed by atoms with E-state index in [1.165, 1.54) is 0 Å². The molecule has 1 aliphatic carbocycles. The summed E-state index contributed by atoms with van der Waals surface area (Å²) in [5.74, 6) is 0.121. The zero-order valence-corrected chi connectivity index (χ0v) is 15.3. The highest BCUT2D eigenvalue weighted by atomic mass is 16.5. The number of nitriles is 1. The second-order valence-corrected chi connectivity index (χ2v) is 7.93. The Bertz CT molecular complexity index is 513. The zero-order valence-electron chi connectivity index (χ0n) is 15.3. The van der Waals surface area contributed by atoms with Crippen molar-refractivity contribution < 1.29 is 14.6 Å². The number of likely N-dealkylation sites (N-methyl/N-ethyl adjacent to an activating group) is 1. The Morgan fingerprint density at radius 1 is 1.32 bits per heavy atom. The van der Waals surface area contributed by atoms with Gasteiger partial charge in [-0.3, -0.25) is 9.69 Å². The molecule has 6 heteroatoms. The van der Waals surface area contributed by atoms with Gasteiger partial charge >= 0.3 is 0 Å². The molecule has 3 rings (SSSR count). The highest BCUT2D eigenvalue weighted by molar-refractivity contribution is 5.79. The predicted octanol–water partition coefficient (Wildman–Crippen LogP) is 1.53. The monoisotopic (exact) mass is 349 g/mol. The average molecular weight is 349 g/mol. The van der Waals surface area contributed by atoms with E-state index in [0.29, 0.717) is 26.2 Å². The van der Waals surface area contributed by atoms with Crippen LogP contribution in [0.3, 0.4) is 0 Å². The van der Waals surface area contributed by atoms with E-state index in [2.05, 4.69) is 11.0 Å². The molecular formula is C19H31N3O3. The van der Waals surface area contributed by atoms with Gasteiger partial charge in [0.2, 0.25) is 5.91 Å². The van der Waals surface area contributed by atoms with E-state index in [9.17, 15) is 15.2 Å². The van der Waals surface area contributed by atoms with E-state index < -0.39 is 5.54 Å². The van der Waals surface area contributed by atoms with E-state index in [1.807, 2.05) is 0 Å². The standard InChI is InChI=1S/C19H31N3O3/c1-21(19(14-20)8-3-2-4-9-19)18(24)12-22-10-5-6-16(22)15-13-25-11-7-17(15)23/h15-17,23H,2-13H2,1H3. The number of likely N-dealkylation sites (tertiary alicyclic amines) is 1. The Balaban J connectivity index is 1.64. The van der Waals surface area contributed by atoms with Crippen LogP contribution in [0.4, 0.5) is 0 Å². The molecule has 2 saturated heterocycles. The second-order valence-electron chi connectivity index (χ2n) is 7.93. The molecule has 6 nitrogen and oxygen atoms in total. The smallest absolute Gasteiger partial charge is 0.237 e. The lowest BCUT2D eigenvalue weighted by atomic mass is 9.81. The number of carbonyl (C=O) groups is 1. The first-order valence-electron chi connectivity index (χ1n) is 9.75. The molecule has 3 aliphatic rings. The van der Waals surface area contributed by atoms with Crippen molar-refractivity contribution in [2.45, 2.75) is 69.1 Å². The van der Waals surface area contributed by atoms with Gasteiger partial charge in [0.1, 0.15) is 5.54 Å². The lowest BCUT2D eigenvalue weighted by molar-refractivity contribution is -0.137. The summed E-state index contributed by atoms with van der Waals surface area (Å²) in [4.78, 5) is 16.8. The van der Waals surface area contributed by atoms with Crippen molar-refractivity contribution in [3.05, 3.63) is 0 Å². The zero-order chi connectivity index (χ0) is 17.9. The molecule has 1 saturated carbocycles. The lowest BCUT2D eigenvalue weighted by Gasteiger charge is -2.41. The SMILES string of the molecule is CN(C(=O)CN1CCCC1C1COCCC1O)C1(C#N)CCCCC1. The molecule has 3 atom stereocenters. The fraction of sp³-hybridized carbons (Fsp3) is 0.895. The van der Waals surface area contributed by atoms with Crippen molar-refractivity contribution in [3.63, 3.8) is 0 Å². The van der Waals surface area contributed by atoms with E-state index >= 15 is 0 Å². The Kier molecular flexibility index (Phi) is 5.98. The molecule has 3 unspecified atom stereocenters. The summed E-state index contributed by atoms with van der Waals surface area (Å²) in [6.45, 7) is 2.42. The van der Waals surface area contributed by atoms with Crippen molar-refractivity contribution in [2.24, 2.45) is 5.92 Å². The number of amides is 1. The molecule has 3 fully saturated rings. The highest BCUT2D eigenvalue weighted by Crippen LogP contribution is 2.34. The van der Waals surface area contributed by atoms with Crippen molar-refractivity contribution in [1.82, 2.24) is 9.80 Å². The molecule has 0 aromatic heterocycles. The van der Waals surface area contributed by atoms with Crippen molar-refractivity contribution in [2.75, 3.05) is 33.4 Å². The Hall–Kier alpha value is -1.16. The van der Waals surface area contributed by atoms with Crippen LogP contribution < -0.4 is 0 Å². The number of aliphatic hydroxyl groups is 1. The molecule has 140 valence electrons. The van der Waals surface area contributed by atoms with Gasteiger partial charge in [-0.15, -0.1) is 0 Å². The molecule has 0 spiro atoms. The lowest BCUT2D eigenvalue weighted by Crippen LogP contribution is -2.54. The maximum atomic E-state index is 12.9. The van der Waals surface area contributed by atoms with Crippen LogP contribution in [0.5, 0.6) is 0 Å². The van der Waals surface area contributed by atoms with Crippen LogP contribution in [0.15, 0.2) is 0 Å². The maximum Gasteiger partial charge on any atom is 0.237 e. The number of aliphatic hydroxyl groups excluding tert-OH is 1. The Labute approximate surface area is 150 Å². The van der Waals surface area contributed by atoms with Crippen molar-refractivity contribution >= 4 is 5.91 Å². The summed E-state index contributed by atoms with van der Waals surface area (Å²) < 4.78 is 5.57. The number of rotatable bonds is 4. The van der Waals surface area contributed by atoms with Gasteiger partial charge in [0, 0.05) is 25.6 Å². The number of nitrogens with zero attached hydrogens (tertiary/aromatic N) is 3. The van der Waals surface area contributed by atoms with Crippen molar-refractivity contribution in [1.29, 1.82) is 5.26 Å². The number of hydrogen-bond donors (Lipinski definition) is 1. The van der Waals surface area contributed by atoms with Crippen LogP contribution in [-0.2, 0) is 9.53 Å². The number of carbonyl (C=O) groups excluding carboxylic acids is 1. The van der Waals surface area contributed by atoms with E-state index in [1.54, 1.807) is 11.9 Å². The van der Waals surface area contributed by atoms with Gasteiger partial charge < -0.3 is 14.7 Å². The topological polar surface area (TPSA) is 76.8 Å². The van der Waals surface area contributed by atoms with Gasteiger partial charge in [0.25, 0.3) is 0 Å². The van der Waals surface area contributed by atoms with Crippen LogP contribution in [-0.4, -0.2) is 71.8 Å².